The lowest BCUT2D eigenvalue weighted by Gasteiger charge is -2.21. The Morgan fingerprint density at radius 3 is 2.09 bits per heavy atom. The van der Waals surface area contributed by atoms with Gasteiger partial charge in [0, 0.05) is 18.1 Å². The zero-order valence-corrected chi connectivity index (χ0v) is 14.0. The molecule has 1 N–H and O–H groups in total. The standard InChI is InChI=1S/C18H25N3O/c1-12(2)15-8-6-9-16(13(3)4)17(15)20-18(22)14(5)21-11-7-10-19-21/h6-14H,1-5H3,(H,20,22)/t14-/m0/s1. The van der Waals surface area contributed by atoms with Crippen molar-refractivity contribution in [3.63, 3.8) is 0 Å². The van der Waals surface area contributed by atoms with Gasteiger partial charge < -0.3 is 5.32 Å². The third-order valence-corrected chi connectivity index (χ3v) is 3.92. The number of carbonyl (C=O) groups excluding carboxylic acids is 1. The topological polar surface area (TPSA) is 46.9 Å². The summed E-state index contributed by atoms with van der Waals surface area (Å²) in [5, 5.41) is 7.28. The Kier molecular flexibility index (Phi) is 5.01. The second-order valence-electron chi connectivity index (χ2n) is 6.27. The quantitative estimate of drug-likeness (QED) is 0.893. The van der Waals surface area contributed by atoms with E-state index in [4.69, 9.17) is 0 Å². The number of rotatable bonds is 5. The molecule has 0 bridgehead atoms. The van der Waals surface area contributed by atoms with Gasteiger partial charge in [0.05, 0.1) is 0 Å². The summed E-state index contributed by atoms with van der Waals surface area (Å²) in [4.78, 5) is 12.6. The second-order valence-corrected chi connectivity index (χ2v) is 6.27. The minimum absolute atomic E-state index is 0.0429. The maximum Gasteiger partial charge on any atom is 0.248 e. The van der Waals surface area contributed by atoms with Crippen molar-refractivity contribution in [2.75, 3.05) is 5.32 Å². The van der Waals surface area contributed by atoms with E-state index in [2.05, 4.69) is 56.3 Å². The molecule has 118 valence electrons. The Morgan fingerprint density at radius 1 is 1.05 bits per heavy atom. The summed E-state index contributed by atoms with van der Waals surface area (Å²) in [5.41, 5.74) is 3.30. The summed E-state index contributed by atoms with van der Waals surface area (Å²) in [6.45, 7) is 10.4. The van der Waals surface area contributed by atoms with E-state index in [1.165, 1.54) is 11.1 Å². The number of nitrogens with one attached hydrogen (secondary N) is 1. The van der Waals surface area contributed by atoms with Crippen LogP contribution < -0.4 is 5.32 Å². The van der Waals surface area contributed by atoms with E-state index in [-0.39, 0.29) is 11.9 Å². The van der Waals surface area contributed by atoms with Crippen molar-refractivity contribution in [1.82, 2.24) is 9.78 Å². The zero-order valence-electron chi connectivity index (χ0n) is 14.0. The average molecular weight is 299 g/mol. The lowest BCUT2D eigenvalue weighted by Crippen LogP contribution is -2.25. The fraction of sp³-hybridized carbons (Fsp3) is 0.444. The second kappa shape index (κ2) is 6.77. The van der Waals surface area contributed by atoms with Gasteiger partial charge in [-0.25, -0.2) is 0 Å². The zero-order chi connectivity index (χ0) is 16.3. The Bertz CT molecular complexity index is 604. The van der Waals surface area contributed by atoms with Crippen LogP contribution in [0.5, 0.6) is 0 Å². The van der Waals surface area contributed by atoms with Gasteiger partial charge in [-0.15, -0.1) is 0 Å². The van der Waals surface area contributed by atoms with E-state index in [9.17, 15) is 4.79 Å². The molecule has 0 spiro atoms. The number of hydrogen-bond donors (Lipinski definition) is 1. The molecule has 2 rings (SSSR count). The number of hydrogen-bond acceptors (Lipinski definition) is 2. The molecule has 0 radical (unpaired) electrons. The summed E-state index contributed by atoms with van der Waals surface area (Å²) >= 11 is 0. The highest BCUT2D eigenvalue weighted by molar-refractivity contribution is 5.95. The molecular formula is C18H25N3O. The van der Waals surface area contributed by atoms with E-state index >= 15 is 0 Å². The monoisotopic (exact) mass is 299 g/mol. The maximum absolute atomic E-state index is 12.6. The minimum atomic E-state index is -0.338. The van der Waals surface area contributed by atoms with E-state index < -0.39 is 0 Å². The molecule has 4 nitrogen and oxygen atoms in total. The van der Waals surface area contributed by atoms with Crippen LogP contribution in [0.15, 0.2) is 36.7 Å². The van der Waals surface area contributed by atoms with Crippen LogP contribution in [-0.2, 0) is 4.79 Å². The average Bonchev–Trinajstić information content (AvgIpc) is 3.00. The Hall–Kier alpha value is -2.10. The smallest absolute Gasteiger partial charge is 0.248 e. The number of nitrogens with zero attached hydrogens (tertiary/aromatic N) is 2. The molecule has 4 heteroatoms. The van der Waals surface area contributed by atoms with E-state index in [0.717, 1.165) is 5.69 Å². The predicted molar refractivity (Wildman–Crippen MR) is 90.2 cm³/mol. The van der Waals surface area contributed by atoms with Crippen molar-refractivity contribution in [2.45, 2.75) is 52.5 Å². The largest absolute Gasteiger partial charge is 0.324 e. The molecular weight excluding hydrogens is 274 g/mol. The lowest BCUT2D eigenvalue weighted by atomic mass is 9.92. The molecule has 0 aliphatic heterocycles. The van der Waals surface area contributed by atoms with E-state index in [0.29, 0.717) is 11.8 Å². The van der Waals surface area contributed by atoms with Crippen molar-refractivity contribution in [1.29, 1.82) is 0 Å². The van der Waals surface area contributed by atoms with Gasteiger partial charge in [0.25, 0.3) is 0 Å². The fourth-order valence-corrected chi connectivity index (χ4v) is 2.55. The first-order valence-corrected chi connectivity index (χ1v) is 7.84. The van der Waals surface area contributed by atoms with E-state index in [1.807, 2.05) is 19.2 Å². The molecule has 1 aromatic carbocycles. The van der Waals surface area contributed by atoms with Crippen LogP contribution in [0.25, 0.3) is 0 Å². The SMILES string of the molecule is CC(C)c1cccc(C(C)C)c1NC(=O)[C@H](C)n1cccn1. The number of anilines is 1. The first-order valence-electron chi connectivity index (χ1n) is 7.84. The van der Waals surface area contributed by atoms with Crippen molar-refractivity contribution in [3.8, 4) is 0 Å². The molecule has 0 aliphatic carbocycles. The van der Waals surface area contributed by atoms with Gasteiger partial charge in [-0.3, -0.25) is 9.48 Å². The molecule has 2 aromatic rings. The molecule has 1 aromatic heterocycles. The van der Waals surface area contributed by atoms with Crippen molar-refractivity contribution in [3.05, 3.63) is 47.8 Å². The van der Waals surface area contributed by atoms with Gasteiger partial charge >= 0.3 is 0 Å². The van der Waals surface area contributed by atoms with Gasteiger partial charge in [-0.2, -0.15) is 5.10 Å². The van der Waals surface area contributed by atoms with Crippen LogP contribution in [0.4, 0.5) is 5.69 Å². The summed E-state index contributed by atoms with van der Waals surface area (Å²) in [6.07, 6.45) is 3.49. The van der Waals surface area contributed by atoms with Crippen LogP contribution in [-0.4, -0.2) is 15.7 Å². The van der Waals surface area contributed by atoms with Crippen LogP contribution >= 0.6 is 0 Å². The first-order chi connectivity index (χ1) is 10.4. The highest BCUT2D eigenvalue weighted by Gasteiger charge is 2.20. The van der Waals surface area contributed by atoms with Gasteiger partial charge in [0.2, 0.25) is 5.91 Å². The summed E-state index contributed by atoms with van der Waals surface area (Å²) in [7, 11) is 0. The third-order valence-electron chi connectivity index (χ3n) is 3.92. The first kappa shape index (κ1) is 16.3. The van der Waals surface area contributed by atoms with E-state index in [1.54, 1.807) is 10.9 Å². The summed E-state index contributed by atoms with van der Waals surface area (Å²) < 4.78 is 1.67. The van der Waals surface area contributed by atoms with Gasteiger partial charge in [-0.05, 0) is 36.0 Å². The highest BCUT2D eigenvalue weighted by Crippen LogP contribution is 2.32. The molecule has 0 fully saturated rings. The van der Waals surface area contributed by atoms with Crippen molar-refractivity contribution in [2.24, 2.45) is 0 Å². The Morgan fingerprint density at radius 2 is 1.64 bits per heavy atom. The Balaban J connectivity index is 2.33. The lowest BCUT2D eigenvalue weighted by molar-refractivity contribution is -0.119. The van der Waals surface area contributed by atoms with Crippen molar-refractivity contribution >= 4 is 11.6 Å². The molecule has 0 saturated heterocycles. The Labute approximate surface area is 132 Å². The van der Waals surface area contributed by atoms with Crippen molar-refractivity contribution < 1.29 is 4.79 Å². The molecule has 0 saturated carbocycles. The highest BCUT2D eigenvalue weighted by atomic mass is 16.2. The van der Waals surface area contributed by atoms with Crippen LogP contribution in [0.2, 0.25) is 0 Å². The number of aromatic nitrogens is 2. The van der Waals surface area contributed by atoms with Gasteiger partial charge in [-0.1, -0.05) is 45.9 Å². The fourth-order valence-electron chi connectivity index (χ4n) is 2.55. The summed E-state index contributed by atoms with van der Waals surface area (Å²) in [6, 6.07) is 7.73. The summed E-state index contributed by atoms with van der Waals surface area (Å²) in [5.74, 6) is 0.668. The molecule has 1 amide bonds. The number of para-hydroxylation sites is 1. The molecule has 1 heterocycles. The molecule has 1 atom stereocenters. The molecule has 22 heavy (non-hydrogen) atoms. The van der Waals surface area contributed by atoms with Gasteiger partial charge in [0.15, 0.2) is 0 Å². The number of amides is 1. The van der Waals surface area contributed by atoms with Crippen LogP contribution in [0.1, 0.15) is 63.6 Å². The molecule has 0 unspecified atom stereocenters. The van der Waals surface area contributed by atoms with Gasteiger partial charge in [0.1, 0.15) is 6.04 Å². The predicted octanol–water partition coefficient (Wildman–Crippen LogP) is 4.33. The number of carbonyl (C=O) groups is 1. The third kappa shape index (κ3) is 3.38. The minimum Gasteiger partial charge on any atom is -0.324 e. The normalized spacial score (nSPS) is 12.7. The van der Waals surface area contributed by atoms with Crippen LogP contribution in [0.3, 0.4) is 0 Å². The maximum atomic E-state index is 12.6. The van der Waals surface area contributed by atoms with Crippen LogP contribution in [0, 0.1) is 0 Å². The molecule has 0 aliphatic rings. The number of benzene rings is 1.